The lowest BCUT2D eigenvalue weighted by molar-refractivity contribution is 0.579. The van der Waals surface area contributed by atoms with Gasteiger partial charge in [0.1, 0.15) is 11.2 Å². The van der Waals surface area contributed by atoms with Gasteiger partial charge in [-0.15, -0.1) is 0 Å². The maximum Gasteiger partial charge on any atom is 0.224 e. The van der Waals surface area contributed by atoms with Gasteiger partial charge in [-0.1, -0.05) is 6.92 Å². The first-order valence-electron chi connectivity index (χ1n) is 6.15. The molecule has 106 valence electrons. The van der Waals surface area contributed by atoms with Crippen LogP contribution in [0.1, 0.15) is 6.92 Å². The molecular formula is C11H18N4O2S2. The molecule has 1 aliphatic heterocycles. The van der Waals surface area contributed by atoms with E-state index in [1.165, 1.54) is 0 Å². The number of thioether (sulfide) groups is 1. The molecule has 1 aromatic heterocycles. The van der Waals surface area contributed by atoms with Crippen molar-refractivity contribution in [3.05, 3.63) is 12.3 Å². The van der Waals surface area contributed by atoms with Gasteiger partial charge >= 0.3 is 0 Å². The lowest BCUT2D eigenvalue weighted by Gasteiger charge is -2.35. The molecule has 1 fully saturated rings. The smallest absolute Gasteiger partial charge is 0.224 e. The van der Waals surface area contributed by atoms with E-state index < -0.39 is 15.2 Å². The van der Waals surface area contributed by atoms with E-state index in [2.05, 4.69) is 15.3 Å². The Kier molecular flexibility index (Phi) is 4.51. The highest BCUT2D eigenvalue weighted by Crippen LogP contribution is 2.26. The van der Waals surface area contributed by atoms with Crippen molar-refractivity contribution < 1.29 is 8.42 Å². The largest absolute Gasteiger partial charge is 0.357 e. The summed E-state index contributed by atoms with van der Waals surface area (Å²) in [5, 5.41) is 2.38. The Bertz CT molecular complexity index is 535. The fourth-order valence-electron chi connectivity index (χ4n) is 1.96. The molecule has 1 aromatic rings. The van der Waals surface area contributed by atoms with Crippen LogP contribution in [0.3, 0.4) is 0 Å². The van der Waals surface area contributed by atoms with Crippen molar-refractivity contribution >= 4 is 33.4 Å². The number of rotatable bonds is 4. The van der Waals surface area contributed by atoms with Crippen molar-refractivity contribution in [2.45, 2.75) is 12.3 Å². The average molecular weight is 302 g/mol. The highest BCUT2D eigenvalue weighted by Gasteiger charge is 2.33. The Balaban J connectivity index is 2.34. The average Bonchev–Trinajstić information content (AvgIpc) is 2.47. The van der Waals surface area contributed by atoms with Crippen molar-refractivity contribution in [3.63, 3.8) is 0 Å². The molecule has 1 atom stereocenters. The van der Waals surface area contributed by atoms with E-state index in [0.717, 1.165) is 5.75 Å². The minimum Gasteiger partial charge on any atom is -0.357 e. The SMILES string of the molecule is CCS(=O)(=O)C1CSCCN1c1ccnc(NC)n1. The van der Waals surface area contributed by atoms with Crippen LogP contribution in [-0.2, 0) is 9.84 Å². The number of hydrogen-bond donors (Lipinski definition) is 1. The zero-order valence-electron chi connectivity index (χ0n) is 11.0. The maximum atomic E-state index is 12.2. The molecule has 1 unspecified atom stereocenters. The number of hydrogen-bond acceptors (Lipinski definition) is 7. The number of nitrogens with one attached hydrogen (secondary N) is 1. The van der Waals surface area contributed by atoms with Gasteiger partial charge in [0.05, 0.1) is 0 Å². The Morgan fingerprint density at radius 1 is 1.58 bits per heavy atom. The first kappa shape index (κ1) is 14.4. The maximum absolute atomic E-state index is 12.2. The van der Waals surface area contributed by atoms with Crippen LogP contribution in [-0.4, -0.2) is 54.6 Å². The molecule has 1 N–H and O–H groups in total. The fraction of sp³-hybridized carbons (Fsp3) is 0.636. The second kappa shape index (κ2) is 5.96. The Hall–Kier alpha value is -1.02. The van der Waals surface area contributed by atoms with Gasteiger partial charge in [0.2, 0.25) is 5.95 Å². The number of nitrogens with zero attached hydrogens (tertiary/aromatic N) is 3. The summed E-state index contributed by atoms with van der Waals surface area (Å²) in [7, 11) is -1.37. The quantitative estimate of drug-likeness (QED) is 0.883. The van der Waals surface area contributed by atoms with Crippen molar-refractivity contribution in [2.75, 3.05) is 41.1 Å². The van der Waals surface area contributed by atoms with Gasteiger partial charge in [0, 0.05) is 37.0 Å². The summed E-state index contributed by atoms with van der Waals surface area (Å²) in [4.78, 5) is 10.3. The molecule has 8 heteroatoms. The zero-order chi connectivity index (χ0) is 13.9. The molecule has 1 saturated heterocycles. The van der Waals surface area contributed by atoms with Crippen LogP contribution in [0.2, 0.25) is 0 Å². The molecule has 0 amide bonds. The van der Waals surface area contributed by atoms with Crippen LogP contribution < -0.4 is 10.2 Å². The number of aromatic nitrogens is 2. The highest BCUT2D eigenvalue weighted by molar-refractivity contribution is 8.01. The van der Waals surface area contributed by atoms with Gasteiger partial charge in [-0.2, -0.15) is 16.7 Å². The van der Waals surface area contributed by atoms with Gasteiger partial charge in [-0.25, -0.2) is 13.4 Å². The second-order valence-electron chi connectivity index (χ2n) is 4.16. The van der Waals surface area contributed by atoms with Crippen LogP contribution in [0.4, 0.5) is 11.8 Å². The Labute approximate surface area is 117 Å². The number of sulfone groups is 1. The van der Waals surface area contributed by atoms with Gasteiger partial charge in [-0.3, -0.25) is 0 Å². The molecular weight excluding hydrogens is 284 g/mol. The molecule has 6 nitrogen and oxygen atoms in total. The Morgan fingerprint density at radius 2 is 2.37 bits per heavy atom. The molecule has 0 aliphatic carbocycles. The normalized spacial score (nSPS) is 20.3. The predicted octanol–water partition coefficient (Wildman–Crippen LogP) is 0.832. The summed E-state index contributed by atoms with van der Waals surface area (Å²) in [6.07, 6.45) is 1.64. The summed E-state index contributed by atoms with van der Waals surface area (Å²) in [6.45, 7) is 2.38. The topological polar surface area (TPSA) is 75.2 Å². The molecule has 0 aromatic carbocycles. The summed E-state index contributed by atoms with van der Waals surface area (Å²) in [5.41, 5.74) is 0. The van der Waals surface area contributed by atoms with Gasteiger partial charge < -0.3 is 10.2 Å². The molecule has 2 rings (SSSR count). The molecule has 2 heterocycles. The predicted molar refractivity (Wildman–Crippen MR) is 79.5 cm³/mol. The first-order chi connectivity index (χ1) is 9.08. The number of anilines is 2. The van der Waals surface area contributed by atoms with Gasteiger partial charge in [-0.05, 0) is 6.07 Å². The Morgan fingerprint density at radius 3 is 3.05 bits per heavy atom. The highest BCUT2D eigenvalue weighted by atomic mass is 32.2. The third kappa shape index (κ3) is 3.11. The van der Waals surface area contributed by atoms with Crippen LogP contribution in [0.25, 0.3) is 0 Å². The summed E-state index contributed by atoms with van der Waals surface area (Å²) < 4.78 is 24.4. The fourth-order valence-corrected chi connectivity index (χ4v) is 4.94. The lowest BCUT2D eigenvalue weighted by Crippen LogP contribution is -2.48. The molecule has 0 saturated carbocycles. The summed E-state index contributed by atoms with van der Waals surface area (Å²) >= 11 is 1.67. The second-order valence-corrected chi connectivity index (χ2v) is 7.76. The van der Waals surface area contributed by atoms with Crippen LogP contribution in [0, 0.1) is 0 Å². The third-order valence-corrected chi connectivity index (χ3v) is 6.35. The summed E-state index contributed by atoms with van der Waals surface area (Å²) in [6, 6.07) is 1.76. The lowest BCUT2D eigenvalue weighted by atomic mass is 10.4. The standard InChI is InChI=1S/C11H18N4O2S2/c1-3-19(16,17)10-8-18-7-6-15(10)9-4-5-13-11(12-2)14-9/h4-5,10H,3,6-8H2,1-2H3,(H,12,13,14). The minimum absolute atomic E-state index is 0.151. The molecule has 0 radical (unpaired) electrons. The van der Waals surface area contributed by atoms with E-state index in [0.29, 0.717) is 24.1 Å². The van der Waals surface area contributed by atoms with Crippen molar-refractivity contribution in [1.29, 1.82) is 0 Å². The van der Waals surface area contributed by atoms with E-state index in [4.69, 9.17) is 0 Å². The molecule has 19 heavy (non-hydrogen) atoms. The van der Waals surface area contributed by atoms with E-state index in [1.807, 2.05) is 4.90 Å². The summed E-state index contributed by atoms with van der Waals surface area (Å²) in [5.74, 6) is 2.83. The van der Waals surface area contributed by atoms with Gasteiger partial charge in [0.25, 0.3) is 0 Å². The van der Waals surface area contributed by atoms with Gasteiger partial charge in [0.15, 0.2) is 9.84 Å². The molecule has 0 bridgehead atoms. The first-order valence-corrected chi connectivity index (χ1v) is 9.02. The molecule has 1 aliphatic rings. The van der Waals surface area contributed by atoms with E-state index in [9.17, 15) is 8.42 Å². The minimum atomic E-state index is -3.11. The molecule has 0 spiro atoms. The van der Waals surface area contributed by atoms with E-state index in [-0.39, 0.29) is 5.75 Å². The zero-order valence-corrected chi connectivity index (χ0v) is 12.7. The van der Waals surface area contributed by atoms with Crippen molar-refractivity contribution in [3.8, 4) is 0 Å². The third-order valence-electron chi connectivity index (χ3n) is 3.06. The van der Waals surface area contributed by atoms with E-state index in [1.54, 1.807) is 38.0 Å². The van der Waals surface area contributed by atoms with Crippen LogP contribution in [0.5, 0.6) is 0 Å². The van der Waals surface area contributed by atoms with Crippen molar-refractivity contribution in [2.24, 2.45) is 0 Å². The van der Waals surface area contributed by atoms with Crippen molar-refractivity contribution in [1.82, 2.24) is 9.97 Å². The van der Waals surface area contributed by atoms with Crippen LogP contribution in [0.15, 0.2) is 12.3 Å². The van der Waals surface area contributed by atoms with E-state index >= 15 is 0 Å². The van der Waals surface area contributed by atoms with Crippen LogP contribution >= 0.6 is 11.8 Å². The monoisotopic (exact) mass is 302 g/mol.